The standard InChI is InChI=1S/C47H50O3S3/c1-4-6-8-12-22-37-31-40(46-42-43(50-29-28-49-42)47(53-46)45-38(23-13-9-7-5-2)32-41(48-3)52-45)51-44(37)36-26-24-33(25-27-36)30-39(34-18-14-10-15-19-34)35-20-16-11-17-21-35/h10-11,14-21,24-27,30-32H,4-9,12-13,22-23,28-29H2,1-3H3. The molecule has 0 bridgehead atoms. The Balaban J connectivity index is 1.25. The van der Waals surface area contributed by atoms with Crippen molar-refractivity contribution in [2.75, 3.05) is 20.3 Å². The van der Waals surface area contributed by atoms with Crippen molar-refractivity contribution in [2.24, 2.45) is 0 Å². The number of aryl methyl sites for hydroxylation is 2. The predicted molar refractivity (Wildman–Crippen MR) is 229 cm³/mol. The largest absolute Gasteiger partial charge is 0.487 e. The maximum Gasteiger partial charge on any atom is 0.181 e. The topological polar surface area (TPSA) is 27.7 Å². The molecule has 1 aliphatic heterocycles. The molecule has 0 unspecified atom stereocenters. The number of hydrogen-bond donors (Lipinski definition) is 0. The second-order valence-electron chi connectivity index (χ2n) is 13.7. The van der Waals surface area contributed by atoms with E-state index >= 15 is 0 Å². The van der Waals surface area contributed by atoms with Gasteiger partial charge in [0, 0.05) is 9.75 Å². The van der Waals surface area contributed by atoms with Crippen LogP contribution in [0.2, 0.25) is 0 Å². The molecule has 7 rings (SSSR count). The average molecular weight is 759 g/mol. The lowest BCUT2D eigenvalue weighted by atomic mass is 9.95. The van der Waals surface area contributed by atoms with E-state index in [0.717, 1.165) is 29.4 Å². The highest BCUT2D eigenvalue weighted by molar-refractivity contribution is 7.28. The first kappa shape index (κ1) is 37.2. The molecule has 53 heavy (non-hydrogen) atoms. The summed E-state index contributed by atoms with van der Waals surface area (Å²) in [5.41, 5.74) is 8.90. The van der Waals surface area contributed by atoms with Crippen LogP contribution in [-0.4, -0.2) is 20.3 Å². The molecule has 0 fully saturated rings. The number of thiophene rings is 3. The number of fused-ring (bicyclic) bond motifs is 1. The van der Waals surface area contributed by atoms with Crippen molar-refractivity contribution < 1.29 is 14.2 Å². The Morgan fingerprint density at radius 3 is 1.77 bits per heavy atom. The summed E-state index contributed by atoms with van der Waals surface area (Å²) >= 11 is 5.45. The average Bonchev–Trinajstić information content (AvgIpc) is 3.93. The lowest BCUT2D eigenvalue weighted by molar-refractivity contribution is 0.175. The highest BCUT2D eigenvalue weighted by atomic mass is 32.1. The molecular formula is C47H50O3S3. The van der Waals surface area contributed by atoms with Crippen LogP contribution >= 0.6 is 34.0 Å². The quantitative estimate of drug-likeness (QED) is 0.0685. The highest BCUT2D eigenvalue weighted by Crippen LogP contribution is 2.58. The van der Waals surface area contributed by atoms with Crippen molar-refractivity contribution >= 4 is 45.7 Å². The van der Waals surface area contributed by atoms with Gasteiger partial charge >= 0.3 is 0 Å². The van der Waals surface area contributed by atoms with Crippen LogP contribution in [0.4, 0.5) is 0 Å². The molecule has 0 saturated carbocycles. The van der Waals surface area contributed by atoms with Crippen LogP contribution in [0.25, 0.3) is 41.6 Å². The summed E-state index contributed by atoms with van der Waals surface area (Å²) in [6.45, 7) is 5.69. The van der Waals surface area contributed by atoms with Gasteiger partial charge in [-0.2, -0.15) is 0 Å². The number of methoxy groups -OCH3 is 1. The van der Waals surface area contributed by atoms with Crippen LogP contribution in [0.5, 0.6) is 16.6 Å². The van der Waals surface area contributed by atoms with Gasteiger partial charge in [-0.3, -0.25) is 0 Å². The summed E-state index contributed by atoms with van der Waals surface area (Å²) in [6.07, 6.45) is 14.3. The Morgan fingerprint density at radius 2 is 1.19 bits per heavy atom. The summed E-state index contributed by atoms with van der Waals surface area (Å²) < 4.78 is 18.6. The van der Waals surface area contributed by atoms with Crippen molar-refractivity contribution in [3.05, 3.63) is 125 Å². The number of benzene rings is 3. The van der Waals surface area contributed by atoms with Gasteiger partial charge in [0.05, 0.1) is 21.7 Å². The van der Waals surface area contributed by atoms with Crippen LogP contribution in [0.1, 0.15) is 93.0 Å². The van der Waals surface area contributed by atoms with Crippen LogP contribution < -0.4 is 14.2 Å². The summed E-state index contributed by atoms with van der Waals surface area (Å²) in [6, 6.07) is 35.2. The predicted octanol–water partition coefficient (Wildman–Crippen LogP) is 14.5. The lowest BCUT2D eigenvalue weighted by Gasteiger charge is -2.17. The molecule has 3 aromatic carbocycles. The fourth-order valence-corrected chi connectivity index (χ4v) is 10.8. The van der Waals surface area contributed by atoms with Gasteiger partial charge in [-0.05, 0) is 82.8 Å². The molecular weight excluding hydrogens is 709 g/mol. The monoisotopic (exact) mass is 758 g/mol. The van der Waals surface area contributed by atoms with E-state index in [1.165, 1.54) is 115 Å². The van der Waals surface area contributed by atoms with Gasteiger partial charge in [0.25, 0.3) is 0 Å². The third-order valence-corrected chi connectivity index (χ3v) is 13.7. The van der Waals surface area contributed by atoms with Gasteiger partial charge in [-0.1, -0.05) is 149 Å². The van der Waals surface area contributed by atoms with Gasteiger partial charge in [0.15, 0.2) is 16.6 Å². The van der Waals surface area contributed by atoms with E-state index in [1.807, 2.05) is 22.7 Å². The van der Waals surface area contributed by atoms with Crippen molar-refractivity contribution in [1.29, 1.82) is 0 Å². The van der Waals surface area contributed by atoms with Gasteiger partial charge < -0.3 is 14.2 Å². The van der Waals surface area contributed by atoms with E-state index in [0.29, 0.717) is 13.2 Å². The van der Waals surface area contributed by atoms with E-state index < -0.39 is 0 Å². The van der Waals surface area contributed by atoms with Crippen molar-refractivity contribution in [2.45, 2.75) is 78.1 Å². The second-order valence-corrected chi connectivity index (χ2v) is 16.8. The zero-order valence-corrected chi connectivity index (χ0v) is 33.7. The van der Waals surface area contributed by atoms with Crippen LogP contribution in [0.15, 0.2) is 97.1 Å². The Bertz CT molecular complexity index is 2040. The number of unbranched alkanes of at least 4 members (excludes halogenated alkanes) is 6. The van der Waals surface area contributed by atoms with E-state index in [2.05, 4.69) is 117 Å². The van der Waals surface area contributed by atoms with Crippen molar-refractivity contribution in [1.82, 2.24) is 0 Å². The van der Waals surface area contributed by atoms with Crippen LogP contribution in [0, 0.1) is 0 Å². The van der Waals surface area contributed by atoms with Crippen molar-refractivity contribution in [3.8, 4) is 46.5 Å². The molecule has 274 valence electrons. The Hall–Kier alpha value is -4.10. The molecule has 0 radical (unpaired) electrons. The molecule has 3 nitrogen and oxygen atoms in total. The Kier molecular flexibility index (Phi) is 12.8. The molecule has 0 atom stereocenters. The van der Waals surface area contributed by atoms with E-state index in [1.54, 1.807) is 18.4 Å². The maximum absolute atomic E-state index is 6.45. The fraction of sp³-hybridized carbons (Fsp3) is 0.319. The highest BCUT2D eigenvalue weighted by Gasteiger charge is 2.30. The number of hydrogen-bond acceptors (Lipinski definition) is 6. The molecule has 1 aliphatic rings. The second kappa shape index (κ2) is 18.3. The first-order valence-electron chi connectivity index (χ1n) is 19.3. The van der Waals surface area contributed by atoms with Crippen LogP contribution in [0.3, 0.4) is 0 Å². The molecule has 0 saturated heterocycles. The summed E-state index contributed by atoms with van der Waals surface area (Å²) in [5, 5.41) is 0.955. The smallest absolute Gasteiger partial charge is 0.181 e. The Labute approximate surface area is 327 Å². The van der Waals surface area contributed by atoms with Gasteiger partial charge in [0.1, 0.15) is 13.2 Å². The minimum Gasteiger partial charge on any atom is -0.487 e. The minimum atomic E-state index is 0.568. The molecule has 0 aliphatic carbocycles. The van der Waals surface area contributed by atoms with E-state index in [4.69, 9.17) is 14.2 Å². The third kappa shape index (κ3) is 8.83. The van der Waals surface area contributed by atoms with E-state index in [9.17, 15) is 0 Å². The zero-order chi connectivity index (χ0) is 36.4. The summed E-state index contributed by atoms with van der Waals surface area (Å²) in [4.78, 5) is 6.24. The first-order valence-corrected chi connectivity index (χ1v) is 21.8. The zero-order valence-electron chi connectivity index (χ0n) is 31.2. The summed E-state index contributed by atoms with van der Waals surface area (Å²) in [5.74, 6) is 1.81. The molecule has 6 aromatic rings. The number of rotatable bonds is 17. The molecule has 0 amide bonds. The summed E-state index contributed by atoms with van der Waals surface area (Å²) in [7, 11) is 1.77. The molecule has 0 N–H and O–H groups in total. The molecule has 6 heteroatoms. The molecule has 3 aromatic heterocycles. The minimum absolute atomic E-state index is 0.568. The van der Waals surface area contributed by atoms with E-state index in [-0.39, 0.29) is 0 Å². The number of ether oxygens (including phenoxy) is 3. The lowest BCUT2D eigenvalue weighted by Crippen LogP contribution is -2.14. The van der Waals surface area contributed by atoms with Gasteiger partial charge in [0.2, 0.25) is 0 Å². The van der Waals surface area contributed by atoms with Gasteiger partial charge in [-0.15, -0.1) is 22.7 Å². The van der Waals surface area contributed by atoms with Crippen LogP contribution in [-0.2, 0) is 12.8 Å². The fourth-order valence-electron chi connectivity index (χ4n) is 7.07. The third-order valence-electron chi connectivity index (χ3n) is 9.88. The SMILES string of the molecule is CCCCCCc1cc(-c2sc(-c3sc(OC)cc3CCCCCC)c3c2OCCO3)sc1-c1ccc(C=C(c2ccccc2)c2ccccc2)cc1. The van der Waals surface area contributed by atoms with Gasteiger partial charge in [-0.25, -0.2) is 0 Å². The Morgan fingerprint density at radius 1 is 0.604 bits per heavy atom. The molecule has 0 spiro atoms. The normalized spacial score (nSPS) is 12.2. The molecule has 4 heterocycles. The maximum atomic E-state index is 6.45. The van der Waals surface area contributed by atoms with Crippen molar-refractivity contribution in [3.63, 3.8) is 0 Å². The first-order chi connectivity index (χ1) is 26.2.